The monoisotopic (exact) mass is 246 g/mol. The highest BCUT2D eigenvalue weighted by molar-refractivity contribution is 5.18. The van der Waals surface area contributed by atoms with Crippen molar-refractivity contribution in [2.45, 2.75) is 51.7 Å². The molecule has 2 heteroatoms. The van der Waals surface area contributed by atoms with Crippen molar-refractivity contribution in [1.29, 1.82) is 0 Å². The lowest BCUT2D eigenvalue weighted by Crippen LogP contribution is -2.48. The van der Waals surface area contributed by atoms with E-state index >= 15 is 0 Å². The van der Waals surface area contributed by atoms with E-state index in [0.29, 0.717) is 18.1 Å². The van der Waals surface area contributed by atoms with Gasteiger partial charge in [-0.2, -0.15) is 0 Å². The van der Waals surface area contributed by atoms with Crippen LogP contribution in [0, 0.1) is 0 Å². The van der Waals surface area contributed by atoms with Crippen LogP contribution in [0.25, 0.3) is 0 Å². The molecule has 2 nitrogen and oxygen atoms in total. The molecule has 0 bridgehead atoms. The summed E-state index contributed by atoms with van der Waals surface area (Å²) in [5.41, 5.74) is 1.43. The Morgan fingerprint density at radius 2 is 1.89 bits per heavy atom. The first kappa shape index (κ1) is 13.6. The van der Waals surface area contributed by atoms with Crippen LogP contribution in [0.5, 0.6) is 0 Å². The molecular weight excluding hydrogens is 220 g/mol. The smallest absolute Gasteiger partial charge is 0.0320 e. The first-order chi connectivity index (χ1) is 8.66. The van der Waals surface area contributed by atoms with E-state index in [-0.39, 0.29) is 0 Å². The largest absolute Gasteiger partial charge is 0.311 e. The summed E-state index contributed by atoms with van der Waals surface area (Å²) in [5, 5.41) is 3.68. The fraction of sp³-hybridized carbons (Fsp3) is 0.625. The van der Waals surface area contributed by atoms with Gasteiger partial charge in [0.1, 0.15) is 0 Å². The normalized spacial score (nSPS) is 23.2. The molecule has 2 unspecified atom stereocenters. The lowest BCUT2D eigenvalue weighted by molar-refractivity contribution is 0.142. The van der Waals surface area contributed by atoms with Gasteiger partial charge in [-0.15, -0.1) is 0 Å². The second kappa shape index (κ2) is 6.35. The van der Waals surface area contributed by atoms with Gasteiger partial charge in [0.15, 0.2) is 0 Å². The van der Waals surface area contributed by atoms with Gasteiger partial charge in [-0.1, -0.05) is 44.2 Å². The molecular formula is C16H26N2. The molecule has 1 saturated heterocycles. The number of likely N-dealkylation sites (tertiary alicyclic amines) is 1. The maximum Gasteiger partial charge on any atom is 0.0320 e. The number of rotatable bonds is 4. The first-order valence-corrected chi connectivity index (χ1v) is 7.22. The molecule has 2 rings (SSSR count). The Bertz CT molecular complexity index is 347. The highest BCUT2D eigenvalue weighted by Crippen LogP contribution is 2.24. The Labute approximate surface area is 111 Å². The molecule has 0 aromatic heterocycles. The van der Waals surface area contributed by atoms with Crippen molar-refractivity contribution in [3.8, 4) is 0 Å². The topological polar surface area (TPSA) is 15.3 Å². The van der Waals surface area contributed by atoms with Crippen molar-refractivity contribution in [2.75, 3.05) is 13.1 Å². The van der Waals surface area contributed by atoms with Gasteiger partial charge in [0, 0.05) is 24.7 Å². The summed E-state index contributed by atoms with van der Waals surface area (Å²) in [6, 6.07) is 12.6. The number of nitrogens with one attached hydrogen (secondary N) is 1. The third kappa shape index (κ3) is 3.56. The molecule has 0 amide bonds. The van der Waals surface area contributed by atoms with Crippen molar-refractivity contribution < 1.29 is 0 Å². The van der Waals surface area contributed by atoms with E-state index in [1.54, 1.807) is 0 Å². The third-order valence-corrected chi connectivity index (χ3v) is 3.85. The van der Waals surface area contributed by atoms with Crippen LogP contribution in [0.15, 0.2) is 30.3 Å². The van der Waals surface area contributed by atoms with Gasteiger partial charge in [0.05, 0.1) is 0 Å². The number of benzene rings is 1. The summed E-state index contributed by atoms with van der Waals surface area (Å²) in [4.78, 5) is 2.61. The predicted octanol–water partition coefficient (Wildman–Crippen LogP) is 3.21. The summed E-state index contributed by atoms with van der Waals surface area (Å²) >= 11 is 0. The van der Waals surface area contributed by atoms with Gasteiger partial charge in [0.2, 0.25) is 0 Å². The minimum absolute atomic E-state index is 0.531. The predicted molar refractivity (Wildman–Crippen MR) is 77.7 cm³/mol. The maximum atomic E-state index is 3.68. The lowest BCUT2D eigenvalue weighted by Gasteiger charge is -2.38. The van der Waals surface area contributed by atoms with Crippen molar-refractivity contribution in [3.63, 3.8) is 0 Å². The summed E-state index contributed by atoms with van der Waals surface area (Å²) in [6.45, 7) is 9.20. The Morgan fingerprint density at radius 3 is 2.56 bits per heavy atom. The van der Waals surface area contributed by atoms with E-state index < -0.39 is 0 Å². The highest BCUT2D eigenvalue weighted by Gasteiger charge is 2.24. The van der Waals surface area contributed by atoms with E-state index in [4.69, 9.17) is 0 Å². The fourth-order valence-electron chi connectivity index (χ4n) is 2.91. The molecule has 1 N–H and O–H groups in total. The van der Waals surface area contributed by atoms with Gasteiger partial charge < -0.3 is 5.32 Å². The van der Waals surface area contributed by atoms with Crippen LogP contribution in [0.3, 0.4) is 0 Å². The molecule has 1 aliphatic heterocycles. The van der Waals surface area contributed by atoms with Crippen molar-refractivity contribution in [1.82, 2.24) is 10.2 Å². The van der Waals surface area contributed by atoms with E-state index in [0.717, 1.165) is 0 Å². The van der Waals surface area contributed by atoms with Crippen LogP contribution in [0.2, 0.25) is 0 Å². The van der Waals surface area contributed by atoms with Crippen LogP contribution >= 0.6 is 0 Å². The molecule has 1 aromatic carbocycles. The molecule has 18 heavy (non-hydrogen) atoms. The first-order valence-electron chi connectivity index (χ1n) is 7.22. The molecule has 1 fully saturated rings. The van der Waals surface area contributed by atoms with Crippen LogP contribution in [-0.4, -0.2) is 30.1 Å². The average molecular weight is 246 g/mol. The number of nitrogens with zero attached hydrogens (tertiary/aromatic N) is 1. The zero-order valence-corrected chi connectivity index (χ0v) is 11.9. The van der Waals surface area contributed by atoms with Crippen molar-refractivity contribution in [2.24, 2.45) is 0 Å². The summed E-state index contributed by atoms with van der Waals surface area (Å²) in [7, 11) is 0. The Kier molecular flexibility index (Phi) is 4.79. The van der Waals surface area contributed by atoms with Crippen LogP contribution in [0.1, 0.15) is 45.2 Å². The second-order valence-electron chi connectivity index (χ2n) is 5.74. The Hall–Kier alpha value is -0.860. The average Bonchev–Trinajstić information content (AvgIpc) is 2.38. The van der Waals surface area contributed by atoms with E-state index in [9.17, 15) is 0 Å². The third-order valence-electron chi connectivity index (χ3n) is 3.85. The minimum atomic E-state index is 0.531. The SMILES string of the molecule is CC(C)NC1CCCN(C(C)c2ccccc2)C1. The van der Waals surface area contributed by atoms with Gasteiger partial charge in [-0.25, -0.2) is 0 Å². The molecule has 0 spiro atoms. The molecule has 0 radical (unpaired) electrons. The number of hydrogen-bond donors (Lipinski definition) is 1. The molecule has 2 atom stereocenters. The molecule has 100 valence electrons. The van der Waals surface area contributed by atoms with Gasteiger partial charge in [-0.05, 0) is 31.9 Å². The van der Waals surface area contributed by atoms with Crippen molar-refractivity contribution >= 4 is 0 Å². The molecule has 0 saturated carbocycles. The number of hydrogen-bond acceptors (Lipinski definition) is 2. The molecule has 1 aliphatic rings. The molecule has 0 aliphatic carbocycles. The quantitative estimate of drug-likeness (QED) is 0.877. The Balaban J connectivity index is 1.96. The lowest BCUT2D eigenvalue weighted by atomic mass is 10.00. The van der Waals surface area contributed by atoms with Gasteiger partial charge >= 0.3 is 0 Å². The van der Waals surface area contributed by atoms with Crippen LogP contribution in [-0.2, 0) is 0 Å². The maximum absolute atomic E-state index is 3.68. The minimum Gasteiger partial charge on any atom is -0.311 e. The van der Waals surface area contributed by atoms with E-state index in [1.807, 2.05) is 0 Å². The number of piperidine rings is 1. The van der Waals surface area contributed by atoms with Gasteiger partial charge in [0.25, 0.3) is 0 Å². The highest BCUT2D eigenvalue weighted by atomic mass is 15.2. The zero-order valence-electron chi connectivity index (χ0n) is 11.9. The standard InChI is InChI=1S/C16H26N2/c1-13(2)17-16-10-7-11-18(12-16)14(3)15-8-5-4-6-9-15/h4-6,8-9,13-14,16-17H,7,10-12H2,1-3H3. The van der Waals surface area contributed by atoms with Crippen LogP contribution in [0.4, 0.5) is 0 Å². The summed E-state index contributed by atoms with van der Waals surface area (Å²) in [6.07, 6.45) is 2.62. The van der Waals surface area contributed by atoms with Crippen LogP contribution < -0.4 is 5.32 Å². The zero-order chi connectivity index (χ0) is 13.0. The van der Waals surface area contributed by atoms with Crippen molar-refractivity contribution in [3.05, 3.63) is 35.9 Å². The summed E-state index contributed by atoms with van der Waals surface area (Å²) in [5.74, 6) is 0. The van der Waals surface area contributed by atoms with Gasteiger partial charge in [-0.3, -0.25) is 4.90 Å². The van der Waals surface area contributed by atoms with E-state index in [2.05, 4.69) is 61.3 Å². The fourth-order valence-corrected chi connectivity index (χ4v) is 2.91. The second-order valence-corrected chi connectivity index (χ2v) is 5.74. The summed E-state index contributed by atoms with van der Waals surface area (Å²) < 4.78 is 0. The Morgan fingerprint density at radius 1 is 1.17 bits per heavy atom. The molecule has 1 heterocycles. The van der Waals surface area contributed by atoms with E-state index in [1.165, 1.54) is 31.5 Å². The molecule has 1 aromatic rings.